The summed E-state index contributed by atoms with van der Waals surface area (Å²) in [7, 11) is 0. The fourth-order valence-electron chi connectivity index (χ4n) is 1.33. The largest absolute Gasteiger partial charge is 0.317 e. The smallest absolute Gasteiger partial charge is 0 e. The molecule has 1 radical (unpaired) electrons. The van der Waals surface area contributed by atoms with E-state index in [1.807, 2.05) is 0 Å². The molecule has 0 unspecified atom stereocenters. The Morgan fingerprint density at radius 3 is 1.50 bits per heavy atom. The van der Waals surface area contributed by atoms with Gasteiger partial charge in [-0.3, -0.25) is 0 Å². The number of nitrogens with one attached hydrogen (secondary N) is 1. The van der Waals surface area contributed by atoms with Crippen molar-refractivity contribution in [1.82, 2.24) is 5.32 Å². The van der Waals surface area contributed by atoms with Gasteiger partial charge in [0.2, 0.25) is 0 Å². The van der Waals surface area contributed by atoms with E-state index in [1.54, 1.807) is 0 Å². The summed E-state index contributed by atoms with van der Waals surface area (Å²) in [6.07, 6.45) is 8.57. The standard InChI is InChI=1S/C8H17N.Cu/c1-2-4-6-8-9-7-5-3-1;/h9H,1-8H2;. The number of hydrogen-bond acceptors (Lipinski definition) is 1. The Bertz CT molecular complexity index is 37.7. The molecule has 0 spiro atoms. The van der Waals surface area contributed by atoms with Crippen LogP contribution in [0.5, 0.6) is 0 Å². The van der Waals surface area contributed by atoms with Gasteiger partial charge in [0.05, 0.1) is 0 Å². The Labute approximate surface area is 74.4 Å². The van der Waals surface area contributed by atoms with Crippen LogP contribution in [-0.4, -0.2) is 13.1 Å². The first-order chi connectivity index (χ1) is 4.50. The van der Waals surface area contributed by atoms with E-state index in [1.165, 1.54) is 51.6 Å². The molecule has 0 amide bonds. The van der Waals surface area contributed by atoms with Crippen molar-refractivity contribution in [3.05, 3.63) is 0 Å². The van der Waals surface area contributed by atoms with Crippen LogP contribution in [0.1, 0.15) is 38.5 Å². The summed E-state index contributed by atoms with van der Waals surface area (Å²) in [5, 5.41) is 3.43. The topological polar surface area (TPSA) is 12.0 Å². The summed E-state index contributed by atoms with van der Waals surface area (Å²) in [5.74, 6) is 0. The monoisotopic (exact) mass is 190 g/mol. The predicted octanol–water partition coefficient (Wildman–Crippen LogP) is 1.93. The molecule has 1 saturated heterocycles. The zero-order chi connectivity index (χ0) is 6.36. The van der Waals surface area contributed by atoms with Crippen LogP contribution in [0.25, 0.3) is 0 Å². The molecule has 65 valence electrons. The van der Waals surface area contributed by atoms with Gasteiger partial charge in [0.25, 0.3) is 0 Å². The van der Waals surface area contributed by atoms with Gasteiger partial charge in [-0.1, -0.05) is 25.7 Å². The molecule has 0 aromatic heterocycles. The van der Waals surface area contributed by atoms with Crippen molar-refractivity contribution in [3.8, 4) is 0 Å². The second-order valence-corrected chi connectivity index (χ2v) is 2.87. The zero-order valence-electron chi connectivity index (χ0n) is 6.46. The third kappa shape index (κ3) is 5.28. The first-order valence-electron chi connectivity index (χ1n) is 4.21. The number of rotatable bonds is 0. The molecule has 1 fully saturated rings. The molecule has 1 N–H and O–H groups in total. The average Bonchev–Trinajstić information content (AvgIpc) is 2.00. The Kier molecular flexibility index (Phi) is 7.95. The van der Waals surface area contributed by atoms with Gasteiger partial charge in [0.1, 0.15) is 0 Å². The molecule has 1 aliphatic heterocycles. The fraction of sp³-hybridized carbons (Fsp3) is 1.00. The van der Waals surface area contributed by atoms with Crippen LogP contribution < -0.4 is 5.32 Å². The van der Waals surface area contributed by atoms with Crippen LogP contribution in [0.3, 0.4) is 0 Å². The summed E-state index contributed by atoms with van der Waals surface area (Å²) in [5.41, 5.74) is 0. The molecular weight excluding hydrogens is 174 g/mol. The third-order valence-electron chi connectivity index (χ3n) is 1.96. The minimum absolute atomic E-state index is 0. The Morgan fingerprint density at radius 2 is 1.00 bits per heavy atom. The van der Waals surface area contributed by atoms with Gasteiger partial charge in [-0.05, 0) is 25.9 Å². The van der Waals surface area contributed by atoms with Crippen molar-refractivity contribution < 1.29 is 17.1 Å². The van der Waals surface area contributed by atoms with E-state index >= 15 is 0 Å². The van der Waals surface area contributed by atoms with E-state index in [9.17, 15) is 0 Å². The Balaban J connectivity index is 0.000000810. The molecule has 1 rings (SSSR count). The molecule has 1 heterocycles. The van der Waals surface area contributed by atoms with Gasteiger partial charge in [-0.15, -0.1) is 0 Å². The first kappa shape index (κ1) is 10.5. The average molecular weight is 191 g/mol. The van der Waals surface area contributed by atoms with Crippen molar-refractivity contribution in [2.75, 3.05) is 13.1 Å². The van der Waals surface area contributed by atoms with Gasteiger partial charge in [-0.2, -0.15) is 0 Å². The molecule has 1 aliphatic rings. The molecule has 10 heavy (non-hydrogen) atoms. The van der Waals surface area contributed by atoms with Crippen molar-refractivity contribution in [2.45, 2.75) is 38.5 Å². The molecular formula is C8H17CuN. The molecule has 0 saturated carbocycles. The zero-order valence-corrected chi connectivity index (χ0v) is 7.40. The maximum atomic E-state index is 3.43. The molecule has 0 aromatic rings. The van der Waals surface area contributed by atoms with Crippen LogP contribution in [0.2, 0.25) is 0 Å². The Hall–Kier alpha value is 0.479. The molecule has 1 nitrogen and oxygen atoms in total. The van der Waals surface area contributed by atoms with E-state index in [2.05, 4.69) is 5.32 Å². The number of hydrogen-bond donors (Lipinski definition) is 1. The predicted molar refractivity (Wildman–Crippen MR) is 40.6 cm³/mol. The van der Waals surface area contributed by atoms with Crippen LogP contribution in [-0.2, 0) is 17.1 Å². The maximum Gasteiger partial charge on any atom is 0 e. The summed E-state index contributed by atoms with van der Waals surface area (Å²) in [6, 6.07) is 0. The van der Waals surface area contributed by atoms with E-state index in [4.69, 9.17) is 0 Å². The summed E-state index contributed by atoms with van der Waals surface area (Å²) in [4.78, 5) is 0. The van der Waals surface area contributed by atoms with Crippen LogP contribution in [0.15, 0.2) is 0 Å². The van der Waals surface area contributed by atoms with Crippen molar-refractivity contribution in [2.24, 2.45) is 0 Å². The second kappa shape index (κ2) is 7.58. The summed E-state index contributed by atoms with van der Waals surface area (Å²) in [6.45, 7) is 2.50. The maximum absolute atomic E-state index is 3.43. The van der Waals surface area contributed by atoms with Crippen LogP contribution in [0, 0.1) is 0 Å². The molecule has 0 bridgehead atoms. The minimum Gasteiger partial charge on any atom is -0.317 e. The van der Waals surface area contributed by atoms with Gasteiger partial charge in [-0.25, -0.2) is 0 Å². The quantitative estimate of drug-likeness (QED) is 0.576. The molecule has 2 heteroatoms. The Morgan fingerprint density at radius 1 is 0.600 bits per heavy atom. The minimum atomic E-state index is 0. The van der Waals surface area contributed by atoms with Crippen molar-refractivity contribution >= 4 is 0 Å². The summed E-state index contributed by atoms with van der Waals surface area (Å²) < 4.78 is 0. The second-order valence-electron chi connectivity index (χ2n) is 2.87. The van der Waals surface area contributed by atoms with E-state index in [0.717, 1.165) is 0 Å². The van der Waals surface area contributed by atoms with E-state index < -0.39 is 0 Å². The van der Waals surface area contributed by atoms with E-state index in [0.29, 0.717) is 0 Å². The van der Waals surface area contributed by atoms with Crippen LogP contribution in [0.4, 0.5) is 0 Å². The van der Waals surface area contributed by atoms with Crippen molar-refractivity contribution in [1.29, 1.82) is 0 Å². The van der Waals surface area contributed by atoms with Gasteiger partial charge < -0.3 is 5.32 Å². The van der Waals surface area contributed by atoms with Gasteiger partial charge in [0, 0.05) is 17.1 Å². The molecule has 0 aliphatic carbocycles. The molecule has 0 aromatic carbocycles. The van der Waals surface area contributed by atoms with Gasteiger partial charge >= 0.3 is 0 Å². The van der Waals surface area contributed by atoms with Crippen LogP contribution >= 0.6 is 0 Å². The fourth-order valence-corrected chi connectivity index (χ4v) is 1.33. The molecule has 0 atom stereocenters. The SMILES string of the molecule is C1CCCCNCCC1.[Cu]. The third-order valence-corrected chi connectivity index (χ3v) is 1.96. The normalized spacial score (nSPS) is 21.6. The van der Waals surface area contributed by atoms with Gasteiger partial charge in [0.15, 0.2) is 0 Å². The first-order valence-corrected chi connectivity index (χ1v) is 4.21. The van der Waals surface area contributed by atoms with Crippen molar-refractivity contribution in [3.63, 3.8) is 0 Å². The summed E-state index contributed by atoms with van der Waals surface area (Å²) >= 11 is 0. The van der Waals surface area contributed by atoms with E-state index in [-0.39, 0.29) is 17.1 Å².